The highest BCUT2D eigenvalue weighted by Crippen LogP contribution is 2.21. The third kappa shape index (κ3) is 4.42. The first-order valence-electron chi connectivity index (χ1n) is 7.14. The molecule has 1 aromatic rings. The van der Waals surface area contributed by atoms with Gasteiger partial charge in [0, 0.05) is 6.04 Å². The molecule has 1 aliphatic rings. The number of nitrogens with zero attached hydrogens (tertiary/aromatic N) is 2. The highest BCUT2D eigenvalue weighted by Gasteiger charge is 2.16. The quantitative estimate of drug-likeness (QED) is 0.756. The van der Waals surface area contributed by atoms with E-state index >= 15 is 0 Å². The van der Waals surface area contributed by atoms with Gasteiger partial charge in [0.25, 0.3) is 0 Å². The Morgan fingerprint density at radius 2 is 2.22 bits per heavy atom. The van der Waals surface area contributed by atoms with Gasteiger partial charge >= 0.3 is 0 Å². The summed E-state index contributed by atoms with van der Waals surface area (Å²) in [5, 5.41) is 3.39. The second-order valence-corrected chi connectivity index (χ2v) is 5.27. The van der Waals surface area contributed by atoms with E-state index in [4.69, 9.17) is 4.42 Å². The fourth-order valence-corrected chi connectivity index (χ4v) is 2.70. The van der Waals surface area contributed by atoms with Gasteiger partial charge in [-0.05, 0) is 39.4 Å². The van der Waals surface area contributed by atoms with Crippen LogP contribution in [0.4, 0.5) is 0 Å². The Labute approximate surface area is 110 Å². The molecular formula is C14H25N3O. The van der Waals surface area contributed by atoms with Crippen LogP contribution in [0, 0.1) is 0 Å². The van der Waals surface area contributed by atoms with Crippen molar-refractivity contribution in [1.82, 2.24) is 15.2 Å². The van der Waals surface area contributed by atoms with Crippen LogP contribution in [-0.2, 0) is 6.54 Å². The van der Waals surface area contributed by atoms with Gasteiger partial charge in [-0.25, -0.2) is 4.98 Å². The maximum atomic E-state index is 5.17. The van der Waals surface area contributed by atoms with Gasteiger partial charge in [0.2, 0.25) is 0 Å². The second-order valence-electron chi connectivity index (χ2n) is 5.27. The van der Waals surface area contributed by atoms with Gasteiger partial charge in [-0.3, -0.25) is 0 Å². The number of nitrogens with one attached hydrogen (secondary N) is 1. The normalized spacial score (nSPS) is 17.4. The first kappa shape index (κ1) is 13.6. The van der Waals surface area contributed by atoms with Gasteiger partial charge in [-0.1, -0.05) is 19.3 Å². The molecule has 0 aromatic carbocycles. The fraction of sp³-hybridized carbons (Fsp3) is 0.786. The zero-order valence-electron chi connectivity index (χ0n) is 11.4. The van der Waals surface area contributed by atoms with E-state index in [2.05, 4.69) is 22.2 Å². The van der Waals surface area contributed by atoms with Crippen molar-refractivity contribution in [2.45, 2.75) is 51.1 Å². The Hall–Kier alpha value is -0.870. The Morgan fingerprint density at radius 3 is 2.94 bits per heavy atom. The largest absolute Gasteiger partial charge is 0.447 e. The number of aromatic nitrogens is 1. The number of hydrogen-bond donors (Lipinski definition) is 1. The Morgan fingerprint density at radius 1 is 1.39 bits per heavy atom. The molecule has 0 amide bonds. The smallest absolute Gasteiger partial charge is 0.180 e. The molecule has 1 saturated carbocycles. The lowest BCUT2D eigenvalue weighted by molar-refractivity contribution is 0.189. The minimum absolute atomic E-state index is 0.785. The Balaban J connectivity index is 1.52. The van der Waals surface area contributed by atoms with Crippen molar-refractivity contribution in [1.29, 1.82) is 0 Å². The van der Waals surface area contributed by atoms with Crippen molar-refractivity contribution in [2.75, 3.05) is 20.1 Å². The highest BCUT2D eigenvalue weighted by molar-refractivity contribution is 4.86. The van der Waals surface area contributed by atoms with Crippen molar-refractivity contribution in [3.8, 4) is 0 Å². The lowest BCUT2D eigenvalue weighted by Gasteiger charge is -2.31. The van der Waals surface area contributed by atoms with Gasteiger partial charge in [-0.2, -0.15) is 0 Å². The molecule has 0 aliphatic heterocycles. The first-order valence-corrected chi connectivity index (χ1v) is 7.14. The molecule has 0 bridgehead atoms. The summed E-state index contributed by atoms with van der Waals surface area (Å²) >= 11 is 0. The Kier molecular flexibility index (Phi) is 5.68. The van der Waals surface area contributed by atoms with E-state index in [1.54, 1.807) is 6.20 Å². The average Bonchev–Trinajstić information content (AvgIpc) is 2.92. The summed E-state index contributed by atoms with van der Waals surface area (Å²) in [7, 11) is 2.27. The van der Waals surface area contributed by atoms with E-state index < -0.39 is 0 Å². The molecule has 0 spiro atoms. The summed E-state index contributed by atoms with van der Waals surface area (Å²) in [6, 6.07) is 0.827. The van der Waals surface area contributed by atoms with Gasteiger partial charge in [0.15, 0.2) is 6.39 Å². The molecule has 102 valence electrons. The number of hydrogen-bond acceptors (Lipinski definition) is 4. The van der Waals surface area contributed by atoms with Crippen molar-refractivity contribution >= 4 is 0 Å². The van der Waals surface area contributed by atoms with Crippen LogP contribution >= 0.6 is 0 Å². The molecule has 0 atom stereocenters. The molecule has 1 aromatic heterocycles. The van der Waals surface area contributed by atoms with E-state index in [1.807, 2.05) is 0 Å². The van der Waals surface area contributed by atoms with E-state index in [9.17, 15) is 0 Å². The van der Waals surface area contributed by atoms with Crippen molar-refractivity contribution in [2.24, 2.45) is 0 Å². The molecule has 1 fully saturated rings. The maximum absolute atomic E-state index is 5.17. The van der Waals surface area contributed by atoms with Crippen molar-refractivity contribution in [3.63, 3.8) is 0 Å². The van der Waals surface area contributed by atoms with E-state index in [0.717, 1.165) is 24.9 Å². The van der Waals surface area contributed by atoms with Crippen LogP contribution in [0.1, 0.15) is 44.3 Å². The highest BCUT2D eigenvalue weighted by atomic mass is 16.3. The summed E-state index contributed by atoms with van der Waals surface area (Å²) in [5.41, 5.74) is 0. The molecule has 2 rings (SSSR count). The molecule has 0 saturated heterocycles. The lowest BCUT2D eigenvalue weighted by Crippen LogP contribution is -2.35. The SMILES string of the molecule is CN(CCCNCc1cnco1)C1CCCCC1. The van der Waals surface area contributed by atoms with Gasteiger partial charge in [-0.15, -0.1) is 0 Å². The molecule has 1 aliphatic carbocycles. The van der Waals surface area contributed by atoms with Crippen LogP contribution in [0.5, 0.6) is 0 Å². The minimum atomic E-state index is 0.785. The molecule has 0 radical (unpaired) electrons. The molecule has 1 heterocycles. The Bertz CT molecular complexity index is 307. The third-order valence-electron chi connectivity index (χ3n) is 3.85. The minimum Gasteiger partial charge on any atom is -0.447 e. The van der Waals surface area contributed by atoms with E-state index in [-0.39, 0.29) is 0 Å². The van der Waals surface area contributed by atoms with Crippen LogP contribution in [-0.4, -0.2) is 36.1 Å². The van der Waals surface area contributed by atoms with Crippen LogP contribution in [0.25, 0.3) is 0 Å². The third-order valence-corrected chi connectivity index (χ3v) is 3.85. The number of oxazole rings is 1. The summed E-state index contributed by atoms with van der Waals surface area (Å²) in [5.74, 6) is 0.913. The van der Waals surface area contributed by atoms with Crippen molar-refractivity contribution < 1.29 is 4.42 Å². The summed E-state index contributed by atoms with van der Waals surface area (Å²) in [6.45, 7) is 3.01. The fourth-order valence-electron chi connectivity index (χ4n) is 2.70. The summed E-state index contributed by atoms with van der Waals surface area (Å²) < 4.78 is 5.17. The standard InChI is InChI=1S/C14H25N3O/c1-17(13-6-3-2-4-7-13)9-5-8-15-10-14-11-16-12-18-14/h11-13,15H,2-10H2,1H3. The molecule has 0 unspecified atom stereocenters. The van der Waals surface area contributed by atoms with Crippen LogP contribution < -0.4 is 5.32 Å². The topological polar surface area (TPSA) is 41.3 Å². The zero-order valence-corrected chi connectivity index (χ0v) is 11.4. The van der Waals surface area contributed by atoms with Gasteiger partial charge < -0.3 is 14.6 Å². The van der Waals surface area contributed by atoms with Gasteiger partial charge in [0.05, 0.1) is 12.7 Å². The van der Waals surface area contributed by atoms with E-state index in [1.165, 1.54) is 51.5 Å². The molecule has 18 heavy (non-hydrogen) atoms. The molecular weight excluding hydrogens is 226 g/mol. The maximum Gasteiger partial charge on any atom is 0.180 e. The first-order chi connectivity index (χ1) is 8.86. The van der Waals surface area contributed by atoms with Gasteiger partial charge in [0.1, 0.15) is 5.76 Å². The van der Waals surface area contributed by atoms with Crippen LogP contribution in [0.15, 0.2) is 17.0 Å². The predicted molar refractivity (Wildman–Crippen MR) is 72.3 cm³/mol. The zero-order chi connectivity index (χ0) is 12.6. The monoisotopic (exact) mass is 251 g/mol. The predicted octanol–water partition coefficient (Wildman–Crippen LogP) is 2.42. The summed E-state index contributed by atoms with van der Waals surface area (Å²) in [4.78, 5) is 6.43. The molecule has 4 nitrogen and oxygen atoms in total. The van der Waals surface area contributed by atoms with Crippen molar-refractivity contribution in [3.05, 3.63) is 18.4 Å². The lowest BCUT2D eigenvalue weighted by atomic mass is 9.94. The summed E-state index contributed by atoms with van der Waals surface area (Å²) in [6.07, 6.45) is 11.5. The van der Waals surface area contributed by atoms with Crippen LogP contribution in [0.3, 0.4) is 0 Å². The van der Waals surface area contributed by atoms with E-state index in [0.29, 0.717) is 0 Å². The average molecular weight is 251 g/mol. The van der Waals surface area contributed by atoms with Crippen LogP contribution in [0.2, 0.25) is 0 Å². The number of rotatable bonds is 7. The molecule has 4 heteroatoms. The molecule has 1 N–H and O–H groups in total. The second kappa shape index (κ2) is 7.54.